The van der Waals surface area contributed by atoms with Gasteiger partial charge in [-0.2, -0.15) is 0 Å². The number of Topliss-reactive ketones (excluding diaryl/α,β-unsaturated/α-hetero) is 1. The maximum atomic E-state index is 11.7. The minimum Gasteiger partial charge on any atom is -0.493 e. The molecule has 0 aliphatic carbocycles. The fraction of sp³-hybridized carbons (Fsp3) is 0.238. The van der Waals surface area contributed by atoms with E-state index in [2.05, 4.69) is 4.98 Å². The molecule has 0 spiro atoms. The molecule has 0 atom stereocenters. The van der Waals surface area contributed by atoms with Gasteiger partial charge in [0.1, 0.15) is 17.4 Å². The van der Waals surface area contributed by atoms with Gasteiger partial charge in [0.25, 0.3) is 0 Å². The van der Waals surface area contributed by atoms with E-state index in [1.165, 1.54) is 0 Å². The summed E-state index contributed by atoms with van der Waals surface area (Å²) < 4.78 is 16.4. The van der Waals surface area contributed by atoms with Gasteiger partial charge >= 0.3 is 0 Å². The summed E-state index contributed by atoms with van der Waals surface area (Å²) in [4.78, 5) is 16.3. The summed E-state index contributed by atoms with van der Waals surface area (Å²) in [7, 11) is 3.23. The number of hydrogen-bond donors (Lipinski definition) is 0. The van der Waals surface area contributed by atoms with Crippen LogP contribution in [-0.4, -0.2) is 25.0 Å². The van der Waals surface area contributed by atoms with Gasteiger partial charge in [0.2, 0.25) is 0 Å². The largest absolute Gasteiger partial charge is 0.493 e. The third kappa shape index (κ3) is 4.46. The SMILES string of the molecule is CCC(=O)c1ccc(OCc2csc(-c3ccc(OC)c(OC)c3)n2)cc1. The quantitative estimate of drug-likeness (QED) is 0.512. The van der Waals surface area contributed by atoms with Crippen LogP contribution >= 0.6 is 11.3 Å². The number of hydrogen-bond acceptors (Lipinski definition) is 6. The van der Waals surface area contributed by atoms with Crippen LogP contribution in [0.15, 0.2) is 47.8 Å². The monoisotopic (exact) mass is 383 g/mol. The van der Waals surface area contributed by atoms with Gasteiger partial charge in [-0.05, 0) is 42.5 Å². The van der Waals surface area contributed by atoms with Crippen molar-refractivity contribution in [2.45, 2.75) is 20.0 Å². The highest BCUT2D eigenvalue weighted by Gasteiger charge is 2.10. The summed E-state index contributed by atoms with van der Waals surface area (Å²) in [5.74, 6) is 2.19. The molecule has 0 bridgehead atoms. The van der Waals surface area contributed by atoms with Crippen LogP contribution in [0.3, 0.4) is 0 Å². The first-order chi connectivity index (χ1) is 13.1. The van der Waals surface area contributed by atoms with Crippen LogP contribution in [0.1, 0.15) is 29.4 Å². The van der Waals surface area contributed by atoms with E-state index in [9.17, 15) is 4.79 Å². The molecule has 3 aromatic rings. The first kappa shape index (κ1) is 18.9. The molecule has 6 heteroatoms. The highest BCUT2D eigenvalue weighted by Crippen LogP contribution is 2.33. The summed E-state index contributed by atoms with van der Waals surface area (Å²) >= 11 is 1.55. The Labute approximate surface area is 162 Å². The number of carbonyl (C=O) groups excluding carboxylic acids is 1. The molecule has 140 valence electrons. The second-order valence-corrected chi connectivity index (χ2v) is 6.66. The number of aromatic nitrogens is 1. The topological polar surface area (TPSA) is 57.7 Å². The second kappa shape index (κ2) is 8.68. The predicted octanol–water partition coefficient (Wildman–Crippen LogP) is 5.00. The molecule has 1 aromatic heterocycles. The highest BCUT2D eigenvalue weighted by atomic mass is 32.1. The average molecular weight is 383 g/mol. The van der Waals surface area contributed by atoms with Gasteiger partial charge in [-0.1, -0.05) is 6.92 Å². The third-order valence-corrected chi connectivity index (χ3v) is 5.01. The zero-order chi connectivity index (χ0) is 19.2. The second-order valence-electron chi connectivity index (χ2n) is 5.80. The third-order valence-electron chi connectivity index (χ3n) is 4.07. The Morgan fingerprint density at radius 2 is 1.78 bits per heavy atom. The summed E-state index contributed by atoms with van der Waals surface area (Å²) in [5.41, 5.74) is 2.51. The number of nitrogens with zero attached hydrogens (tertiary/aromatic N) is 1. The smallest absolute Gasteiger partial charge is 0.162 e. The van der Waals surface area contributed by atoms with Crippen LogP contribution in [-0.2, 0) is 6.61 Å². The van der Waals surface area contributed by atoms with Crippen molar-refractivity contribution in [2.24, 2.45) is 0 Å². The van der Waals surface area contributed by atoms with Gasteiger partial charge < -0.3 is 14.2 Å². The molecular formula is C21H21NO4S. The van der Waals surface area contributed by atoms with Crippen LogP contribution in [0.5, 0.6) is 17.2 Å². The van der Waals surface area contributed by atoms with Gasteiger partial charge in [-0.15, -0.1) is 11.3 Å². The normalized spacial score (nSPS) is 10.5. The van der Waals surface area contributed by atoms with Crippen molar-refractivity contribution < 1.29 is 19.0 Å². The lowest BCUT2D eigenvalue weighted by Crippen LogP contribution is -1.98. The van der Waals surface area contributed by atoms with Crippen molar-refractivity contribution in [3.8, 4) is 27.8 Å². The molecule has 2 aromatic carbocycles. The lowest BCUT2D eigenvalue weighted by Gasteiger charge is -2.08. The Balaban J connectivity index is 1.67. The Morgan fingerprint density at radius 3 is 2.44 bits per heavy atom. The summed E-state index contributed by atoms with van der Waals surface area (Å²) in [6.07, 6.45) is 0.498. The Kier molecular flexibility index (Phi) is 6.08. The number of methoxy groups -OCH3 is 2. The number of carbonyl (C=O) groups is 1. The molecule has 0 amide bonds. The van der Waals surface area contributed by atoms with Gasteiger partial charge in [0, 0.05) is 22.9 Å². The van der Waals surface area contributed by atoms with E-state index in [-0.39, 0.29) is 5.78 Å². The number of ketones is 1. The molecule has 0 aliphatic rings. The van der Waals surface area contributed by atoms with Gasteiger partial charge in [0.05, 0.1) is 19.9 Å². The lowest BCUT2D eigenvalue weighted by atomic mass is 10.1. The van der Waals surface area contributed by atoms with E-state index in [1.54, 1.807) is 37.7 Å². The van der Waals surface area contributed by atoms with Crippen molar-refractivity contribution in [2.75, 3.05) is 14.2 Å². The summed E-state index contributed by atoms with van der Waals surface area (Å²) in [5, 5.41) is 2.86. The molecule has 27 heavy (non-hydrogen) atoms. The minimum absolute atomic E-state index is 0.126. The molecule has 0 saturated heterocycles. The molecule has 0 unspecified atom stereocenters. The zero-order valence-corrected chi connectivity index (χ0v) is 16.3. The van der Waals surface area contributed by atoms with Crippen molar-refractivity contribution >= 4 is 17.1 Å². The van der Waals surface area contributed by atoms with Crippen LogP contribution in [0.4, 0.5) is 0 Å². The van der Waals surface area contributed by atoms with E-state index < -0.39 is 0 Å². The molecule has 1 heterocycles. The van der Waals surface area contributed by atoms with E-state index in [0.29, 0.717) is 35.8 Å². The van der Waals surface area contributed by atoms with Crippen LogP contribution in [0.25, 0.3) is 10.6 Å². The maximum Gasteiger partial charge on any atom is 0.162 e. The fourth-order valence-electron chi connectivity index (χ4n) is 2.57. The minimum atomic E-state index is 0.126. The van der Waals surface area contributed by atoms with Crippen molar-refractivity contribution in [3.05, 3.63) is 59.1 Å². The molecular weight excluding hydrogens is 362 g/mol. The van der Waals surface area contributed by atoms with Crippen molar-refractivity contribution in [1.82, 2.24) is 4.98 Å². The molecule has 0 N–H and O–H groups in total. The first-order valence-corrected chi connectivity index (χ1v) is 9.45. The average Bonchev–Trinajstić information content (AvgIpc) is 3.20. The molecule has 0 saturated carbocycles. The van der Waals surface area contributed by atoms with Crippen LogP contribution in [0, 0.1) is 0 Å². The molecule has 0 fully saturated rings. The van der Waals surface area contributed by atoms with E-state index in [1.807, 2.05) is 42.6 Å². The Bertz CT molecular complexity index is 918. The van der Waals surface area contributed by atoms with E-state index in [4.69, 9.17) is 14.2 Å². The molecule has 0 radical (unpaired) electrons. The number of thiazole rings is 1. The number of ether oxygens (including phenoxy) is 3. The molecule has 5 nitrogen and oxygen atoms in total. The first-order valence-electron chi connectivity index (χ1n) is 8.57. The summed E-state index contributed by atoms with van der Waals surface area (Å²) in [6.45, 7) is 2.22. The Hall–Kier alpha value is -2.86. The van der Waals surface area contributed by atoms with E-state index in [0.717, 1.165) is 16.3 Å². The standard InChI is InChI=1S/C21H21NO4S/c1-4-18(23)14-5-8-17(9-6-14)26-12-16-13-27-21(22-16)15-7-10-19(24-2)20(11-15)25-3/h5-11,13H,4,12H2,1-3H3. The number of benzene rings is 2. The van der Waals surface area contributed by atoms with Gasteiger partial charge in [-0.25, -0.2) is 4.98 Å². The highest BCUT2D eigenvalue weighted by molar-refractivity contribution is 7.13. The van der Waals surface area contributed by atoms with Crippen molar-refractivity contribution in [1.29, 1.82) is 0 Å². The van der Waals surface area contributed by atoms with Crippen LogP contribution < -0.4 is 14.2 Å². The van der Waals surface area contributed by atoms with Crippen LogP contribution in [0.2, 0.25) is 0 Å². The van der Waals surface area contributed by atoms with Crippen molar-refractivity contribution in [3.63, 3.8) is 0 Å². The Morgan fingerprint density at radius 1 is 1.04 bits per heavy atom. The zero-order valence-electron chi connectivity index (χ0n) is 15.5. The fourth-order valence-corrected chi connectivity index (χ4v) is 3.37. The molecule has 0 aliphatic heterocycles. The molecule has 3 rings (SSSR count). The van der Waals surface area contributed by atoms with Gasteiger partial charge in [-0.3, -0.25) is 4.79 Å². The maximum absolute atomic E-state index is 11.7. The summed E-state index contributed by atoms with van der Waals surface area (Å²) in [6, 6.07) is 12.9. The van der Waals surface area contributed by atoms with E-state index >= 15 is 0 Å². The number of rotatable bonds is 8. The lowest BCUT2D eigenvalue weighted by molar-refractivity contribution is 0.0988. The predicted molar refractivity (Wildman–Crippen MR) is 106 cm³/mol. The van der Waals surface area contributed by atoms with Gasteiger partial charge in [0.15, 0.2) is 17.3 Å².